The third kappa shape index (κ3) is 10.9. The van der Waals surface area contributed by atoms with Crippen LogP contribution >= 0.6 is 0 Å². The summed E-state index contributed by atoms with van der Waals surface area (Å²) < 4.78 is 48.9. The van der Waals surface area contributed by atoms with Gasteiger partial charge in [0.25, 0.3) is 0 Å². The molecule has 23 nitrogen and oxygen atoms in total. The predicted molar refractivity (Wildman–Crippen MR) is 266 cm³/mol. The zero-order valence-electron chi connectivity index (χ0n) is 45.8. The van der Waals surface area contributed by atoms with E-state index in [9.17, 15) is 76.6 Å². The lowest BCUT2D eigenvalue weighted by Gasteiger charge is -2.71. The van der Waals surface area contributed by atoms with Crippen molar-refractivity contribution in [3.05, 3.63) is 11.6 Å². The summed E-state index contributed by atoms with van der Waals surface area (Å²) in [6, 6.07) is 0. The number of allylic oxidation sites excluding steroid dienone is 2. The van der Waals surface area contributed by atoms with Crippen LogP contribution in [0.3, 0.4) is 0 Å². The van der Waals surface area contributed by atoms with Crippen LogP contribution in [-0.4, -0.2) is 244 Å². The number of aliphatic hydroxyl groups is 15. The van der Waals surface area contributed by atoms with E-state index in [4.69, 9.17) is 37.9 Å². The number of ether oxygens (including phenoxy) is 8. The van der Waals surface area contributed by atoms with Gasteiger partial charge < -0.3 is 114 Å². The van der Waals surface area contributed by atoms with Crippen molar-refractivity contribution < 1.29 is 114 Å². The van der Waals surface area contributed by atoms with Crippen molar-refractivity contribution in [1.82, 2.24) is 0 Å². The fraction of sp³-hybridized carbons (Fsp3) is 0.963. The predicted octanol–water partition coefficient (Wildman–Crippen LogP) is -2.20. The van der Waals surface area contributed by atoms with Crippen LogP contribution < -0.4 is 0 Å². The summed E-state index contributed by atoms with van der Waals surface area (Å²) in [5, 5.41) is 162. The number of aliphatic hydroxyl groups excluding tert-OH is 15. The Labute approximate surface area is 450 Å². The van der Waals surface area contributed by atoms with E-state index < -0.39 is 178 Å². The minimum absolute atomic E-state index is 0.0374. The third-order valence-corrected chi connectivity index (χ3v) is 20.9. The molecule has 1 unspecified atom stereocenters. The first kappa shape index (κ1) is 61.9. The van der Waals surface area contributed by atoms with Crippen LogP contribution in [0.25, 0.3) is 0 Å². The molecular weight excluding hydrogens is 1020 g/mol. The quantitative estimate of drug-likeness (QED) is 0.0576. The normalized spacial score (nSPS) is 52.7. The molecule has 0 radical (unpaired) electrons. The zero-order valence-corrected chi connectivity index (χ0v) is 45.8. The summed E-state index contributed by atoms with van der Waals surface area (Å²) in [6.07, 6.45) is -25.2. The lowest BCUT2D eigenvalue weighted by molar-refractivity contribution is -0.378. The van der Waals surface area contributed by atoms with E-state index in [0.29, 0.717) is 38.5 Å². The molecular formula is C54H92O23. The molecule has 0 amide bonds. The monoisotopic (exact) mass is 1110 g/mol. The second-order valence-corrected chi connectivity index (χ2v) is 25.7. The third-order valence-electron chi connectivity index (χ3n) is 20.9. The van der Waals surface area contributed by atoms with Crippen LogP contribution in [0.2, 0.25) is 0 Å². The molecule has 30 atom stereocenters. The van der Waals surface area contributed by atoms with Crippen LogP contribution in [0.15, 0.2) is 11.6 Å². The molecule has 0 aromatic heterocycles. The average Bonchev–Trinajstić information content (AvgIpc) is 3.96. The minimum atomic E-state index is -1.82. The lowest BCUT2D eigenvalue weighted by atomic mass is 9.35. The smallest absolute Gasteiger partial charge is 0.187 e. The van der Waals surface area contributed by atoms with Crippen molar-refractivity contribution >= 4 is 0 Å². The molecule has 4 aliphatic carbocycles. The topological polar surface area (TPSA) is 377 Å². The Balaban J connectivity index is 1.01. The molecule has 446 valence electrons. The zero-order chi connectivity index (χ0) is 56.6. The Morgan fingerprint density at radius 1 is 0.545 bits per heavy atom. The van der Waals surface area contributed by atoms with Crippen molar-refractivity contribution in [3.63, 3.8) is 0 Å². The molecule has 4 saturated heterocycles. The Morgan fingerprint density at radius 2 is 1.05 bits per heavy atom. The summed E-state index contributed by atoms with van der Waals surface area (Å²) in [5.41, 5.74) is -1.59. The molecule has 8 fully saturated rings. The van der Waals surface area contributed by atoms with Crippen molar-refractivity contribution in [3.8, 4) is 0 Å². The first-order chi connectivity index (χ1) is 36.0. The Morgan fingerprint density at radius 3 is 1.64 bits per heavy atom. The highest BCUT2D eigenvalue weighted by atomic mass is 16.8. The number of rotatable bonds is 16. The van der Waals surface area contributed by atoms with E-state index in [-0.39, 0.29) is 34.5 Å². The molecule has 0 aromatic carbocycles. The maximum atomic E-state index is 12.8. The van der Waals surface area contributed by atoms with Crippen LogP contribution in [0, 0.1) is 45.3 Å². The number of hydrogen-bond acceptors (Lipinski definition) is 23. The summed E-state index contributed by atoms with van der Waals surface area (Å²) in [6.45, 7) is 14.6. The Hall–Kier alpha value is -1.18. The van der Waals surface area contributed by atoms with E-state index >= 15 is 0 Å². The van der Waals surface area contributed by atoms with Gasteiger partial charge in [0, 0.05) is 0 Å². The van der Waals surface area contributed by atoms with Gasteiger partial charge in [-0.25, -0.2) is 0 Å². The molecule has 15 N–H and O–H groups in total. The number of fused-ring (bicyclic) bond motifs is 5. The van der Waals surface area contributed by atoms with Gasteiger partial charge in [-0.05, 0) is 124 Å². The van der Waals surface area contributed by atoms with Gasteiger partial charge >= 0.3 is 0 Å². The molecule has 0 aromatic rings. The van der Waals surface area contributed by atoms with Gasteiger partial charge in [0.05, 0.1) is 44.2 Å². The van der Waals surface area contributed by atoms with Crippen LogP contribution in [0.5, 0.6) is 0 Å². The fourth-order valence-corrected chi connectivity index (χ4v) is 16.3. The molecule has 0 spiro atoms. The highest BCUT2D eigenvalue weighted by molar-refractivity contribution is 5.20. The molecule has 4 aliphatic heterocycles. The average molecular weight is 1110 g/mol. The van der Waals surface area contributed by atoms with Crippen LogP contribution in [0.1, 0.15) is 113 Å². The molecule has 23 heteroatoms. The standard InChI is InChI=1S/C54H92O23/c1-23(2)10-9-14-54(8,77-48-44(69)40(65)37(62)29(74-48)22-70-46-42(67)38(63)34(59)26(19-55)71-46)24-11-16-53(7)33(24)25(58)18-31-51(5)15-13-32(50(3,4)30(51)12-17-52(31,53)6)75-49-45(41(66)36(61)28(21-57)73-49)76-47-43(68)39(64)35(60)27(20-56)72-47/h10,24-49,55-69H,9,11-22H2,1-8H3/t24-,25+,26+,27+,28+,29+,30-,31?,32-,33-,34+,35+,36+,37+,38-,39-,40+,41-,42+,43+,44-,45+,46-,47+,48+,49+,51-,52+,53+,54-/m0/s1. The highest BCUT2D eigenvalue weighted by Gasteiger charge is 2.72. The van der Waals surface area contributed by atoms with Gasteiger partial charge in [0.1, 0.15) is 97.7 Å². The van der Waals surface area contributed by atoms with Crippen LogP contribution in [0.4, 0.5) is 0 Å². The second kappa shape index (κ2) is 23.5. The molecule has 4 saturated carbocycles. The lowest BCUT2D eigenvalue weighted by Crippen LogP contribution is -2.68. The summed E-state index contributed by atoms with van der Waals surface area (Å²) in [7, 11) is 0. The molecule has 77 heavy (non-hydrogen) atoms. The van der Waals surface area contributed by atoms with Crippen molar-refractivity contribution in [2.24, 2.45) is 45.3 Å². The molecule has 8 aliphatic rings. The van der Waals surface area contributed by atoms with Crippen LogP contribution in [-0.2, 0) is 37.9 Å². The molecule has 8 rings (SSSR count). The first-order valence-electron chi connectivity index (χ1n) is 27.9. The van der Waals surface area contributed by atoms with E-state index in [0.717, 1.165) is 24.8 Å². The number of hydrogen-bond donors (Lipinski definition) is 15. The summed E-state index contributed by atoms with van der Waals surface area (Å²) in [5.74, 6) is -0.475. The largest absolute Gasteiger partial charge is 0.394 e. The van der Waals surface area contributed by atoms with Crippen molar-refractivity contribution in [1.29, 1.82) is 0 Å². The molecule has 4 heterocycles. The van der Waals surface area contributed by atoms with Gasteiger partial charge in [-0.15, -0.1) is 0 Å². The summed E-state index contributed by atoms with van der Waals surface area (Å²) >= 11 is 0. The fourth-order valence-electron chi connectivity index (χ4n) is 16.3. The van der Waals surface area contributed by atoms with Gasteiger partial charge in [0.15, 0.2) is 25.2 Å². The maximum absolute atomic E-state index is 12.8. The SMILES string of the molecule is CC(C)=CCC[C@](C)(O[C@H]1O[C@H](CO[C@H]2O[C@H](CO)[C@@H](O)[C@H](O)[C@H]2O)[C@@H](O)[C@@H](O)[C@@H]1O)[C@H]1CC[C@]2(C)[C@@H]1[C@H](O)CC1[C@@]3(C)CC[C@H](O[C@H]4O[C@H](CO)[C@@H](O)[C@H](O)[C@H]4O[C@H]4O[C@H](CO)[C@@H](O)[C@H](O)[C@H]4O)C(C)(C)[C@@H]3CC[C@]12C. The first-order valence-corrected chi connectivity index (χ1v) is 27.9. The summed E-state index contributed by atoms with van der Waals surface area (Å²) in [4.78, 5) is 0. The van der Waals surface area contributed by atoms with E-state index in [1.54, 1.807) is 0 Å². The van der Waals surface area contributed by atoms with Gasteiger partial charge in [-0.2, -0.15) is 0 Å². The van der Waals surface area contributed by atoms with Gasteiger partial charge in [-0.1, -0.05) is 46.3 Å². The second-order valence-electron chi connectivity index (χ2n) is 25.7. The maximum Gasteiger partial charge on any atom is 0.187 e. The van der Waals surface area contributed by atoms with E-state index in [1.807, 2.05) is 20.8 Å². The Kier molecular flexibility index (Phi) is 18.9. The highest BCUT2D eigenvalue weighted by Crippen LogP contribution is 2.76. The van der Waals surface area contributed by atoms with E-state index in [1.165, 1.54) is 0 Å². The van der Waals surface area contributed by atoms with Crippen molar-refractivity contribution in [2.45, 2.75) is 254 Å². The van der Waals surface area contributed by atoms with E-state index in [2.05, 4.69) is 40.7 Å². The molecule has 0 bridgehead atoms. The van der Waals surface area contributed by atoms with Crippen molar-refractivity contribution in [2.75, 3.05) is 26.4 Å². The Bertz CT molecular complexity index is 1990. The van der Waals surface area contributed by atoms with Gasteiger partial charge in [-0.3, -0.25) is 0 Å². The minimum Gasteiger partial charge on any atom is -0.394 e. The van der Waals surface area contributed by atoms with Gasteiger partial charge in [0.2, 0.25) is 0 Å².